The number of methoxy groups -OCH3 is 1. The summed E-state index contributed by atoms with van der Waals surface area (Å²) in [5.74, 6) is 1.79. The summed E-state index contributed by atoms with van der Waals surface area (Å²) in [6.45, 7) is 2.10. The number of ether oxygens (including phenoxy) is 2. The van der Waals surface area contributed by atoms with Gasteiger partial charge in [0.2, 0.25) is 0 Å². The molecule has 5 rings (SSSR count). The van der Waals surface area contributed by atoms with E-state index in [-0.39, 0.29) is 0 Å². The SMILES string of the molecule is COc1ccc2c3c(ccc2c1C)OC(c1ccccc1)(c1ccccc1)C=C3. The smallest absolute Gasteiger partial charge is 0.178 e. The standard InChI is InChI=1S/C27H22O2/c1-19-22-13-16-26-24(23(22)14-15-25(19)28-2)17-18-27(29-26,20-9-5-3-6-10-20)21-11-7-4-8-12-21/h3-18H,1-2H3. The molecule has 2 nitrogen and oxygen atoms in total. The Morgan fingerprint density at radius 3 is 1.97 bits per heavy atom. The molecule has 0 aromatic heterocycles. The van der Waals surface area contributed by atoms with E-state index in [1.165, 1.54) is 10.8 Å². The van der Waals surface area contributed by atoms with Crippen molar-refractivity contribution in [2.24, 2.45) is 0 Å². The number of fused-ring (bicyclic) bond motifs is 3. The summed E-state index contributed by atoms with van der Waals surface area (Å²) >= 11 is 0. The van der Waals surface area contributed by atoms with Gasteiger partial charge in [0, 0.05) is 16.7 Å². The number of hydrogen-bond donors (Lipinski definition) is 0. The molecule has 1 heterocycles. The zero-order valence-electron chi connectivity index (χ0n) is 16.6. The van der Waals surface area contributed by atoms with Crippen molar-refractivity contribution in [3.63, 3.8) is 0 Å². The third-order valence-corrected chi connectivity index (χ3v) is 5.80. The van der Waals surface area contributed by atoms with E-state index >= 15 is 0 Å². The second-order valence-electron chi connectivity index (χ2n) is 7.37. The fourth-order valence-electron chi connectivity index (χ4n) is 4.28. The predicted molar refractivity (Wildman–Crippen MR) is 119 cm³/mol. The van der Waals surface area contributed by atoms with E-state index in [0.29, 0.717) is 0 Å². The van der Waals surface area contributed by atoms with Crippen molar-refractivity contribution in [3.05, 3.63) is 113 Å². The van der Waals surface area contributed by atoms with Crippen molar-refractivity contribution in [2.45, 2.75) is 12.5 Å². The molecular formula is C27H22O2. The van der Waals surface area contributed by atoms with Crippen LogP contribution >= 0.6 is 0 Å². The molecular weight excluding hydrogens is 356 g/mol. The van der Waals surface area contributed by atoms with Crippen LogP contribution in [0.5, 0.6) is 11.5 Å². The Morgan fingerprint density at radius 1 is 0.724 bits per heavy atom. The quantitative estimate of drug-likeness (QED) is 0.405. The molecule has 0 amide bonds. The monoisotopic (exact) mass is 378 g/mol. The normalized spacial score (nSPS) is 14.3. The summed E-state index contributed by atoms with van der Waals surface area (Å²) < 4.78 is 12.3. The van der Waals surface area contributed by atoms with Crippen molar-refractivity contribution in [1.82, 2.24) is 0 Å². The maximum absolute atomic E-state index is 6.78. The molecule has 0 radical (unpaired) electrons. The fourth-order valence-corrected chi connectivity index (χ4v) is 4.28. The molecule has 1 aliphatic heterocycles. The lowest BCUT2D eigenvalue weighted by Gasteiger charge is -2.36. The second-order valence-corrected chi connectivity index (χ2v) is 7.37. The highest BCUT2D eigenvalue weighted by Gasteiger charge is 2.37. The molecule has 0 aliphatic carbocycles. The van der Waals surface area contributed by atoms with Gasteiger partial charge >= 0.3 is 0 Å². The summed E-state index contributed by atoms with van der Waals surface area (Å²) in [5, 5.41) is 2.36. The minimum Gasteiger partial charge on any atom is -0.496 e. The van der Waals surface area contributed by atoms with Gasteiger partial charge in [-0.25, -0.2) is 0 Å². The van der Waals surface area contributed by atoms with Gasteiger partial charge in [-0.15, -0.1) is 0 Å². The van der Waals surface area contributed by atoms with E-state index in [2.05, 4.69) is 85.8 Å². The fraction of sp³-hybridized carbons (Fsp3) is 0.111. The van der Waals surface area contributed by atoms with Crippen molar-refractivity contribution >= 4 is 16.8 Å². The van der Waals surface area contributed by atoms with Gasteiger partial charge in [-0.05, 0) is 53.6 Å². The molecule has 0 bridgehead atoms. The van der Waals surface area contributed by atoms with Gasteiger partial charge in [0.05, 0.1) is 7.11 Å². The molecule has 0 N–H and O–H groups in total. The lowest BCUT2D eigenvalue weighted by Crippen LogP contribution is -2.34. The van der Waals surface area contributed by atoms with Gasteiger partial charge in [-0.2, -0.15) is 0 Å². The molecule has 0 unspecified atom stereocenters. The minimum atomic E-state index is -0.648. The van der Waals surface area contributed by atoms with Crippen molar-refractivity contribution in [3.8, 4) is 11.5 Å². The van der Waals surface area contributed by atoms with Gasteiger partial charge in [0.25, 0.3) is 0 Å². The first-order valence-electron chi connectivity index (χ1n) is 9.82. The summed E-state index contributed by atoms with van der Waals surface area (Å²) in [5.41, 5.74) is 3.82. The van der Waals surface area contributed by atoms with Gasteiger partial charge < -0.3 is 9.47 Å². The number of rotatable bonds is 3. The summed E-state index contributed by atoms with van der Waals surface area (Å²) in [7, 11) is 1.71. The van der Waals surface area contributed by atoms with E-state index in [1.54, 1.807) is 7.11 Å². The lowest BCUT2D eigenvalue weighted by molar-refractivity contribution is 0.161. The molecule has 4 aromatic rings. The lowest BCUT2D eigenvalue weighted by atomic mass is 9.83. The minimum absolute atomic E-state index is 0.648. The van der Waals surface area contributed by atoms with Crippen LogP contribution in [0.15, 0.2) is 91.0 Å². The third-order valence-electron chi connectivity index (χ3n) is 5.80. The predicted octanol–water partition coefficient (Wildman–Crippen LogP) is 6.51. The van der Waals surface area contributed by atoms with Crippen molar-refractivity contribution < 1.29 is 9.47 Å². The van der Waals surface area contributed by atoms with Crippen molar-refractivity contribution in [1.29, 1.82) is 0 Å². The molecule has 0 spiro atoms. The van der Waals surface area contributed by atoms with Gasteiger partial charge in [0.15, 0.2) is 5.60 Å². The summed E-state index contributed by atoms with van der Waals surface area (Å²) in [4.78, 5) is 0. The van der Waals surface area contributed by atoms with E-state index < -0.39 is 5.60 Å². The zero-order valence-corrected chi connectivity index (χ0v) is 16.6. The molecule has 0 fully saturated rings. The first-order valence-corrected chi connectivity index (χ1v) is 9.82. The average Bonchev–Trinajstić information content (AvgIpc) is 2.80. The highest BCUT2D eigenvalue weighted by Crippen LogP contribution is 2.44. The molecule has 4 aromatic carbocycles. The molecule has 142 valence electrons. The highest BCUT2D eigenvalue weighted by atomic mass is 16.5. The molecule has 1 aliphatic rings. The highest BCUT2D eigenvalue weighted by molar-refractivity contribution is 5.97. The van der Waals surface area contributed by atoms with Crippen LogP contribution in [0, 0.1) is 6.92 Å². The second kappa shape index (κ2) is 6.82. The first kappa shape index (κ1) is 17.6. The Morgan fingerprint density at radius 2 is 1.34 bits per heavy atom. The van der Waals surface area contributed by atoms with Crippen LogP contribution in [0.25, 0.3) is 16.8 Å². The van der Waals surface area contributed by atoms with Crippen LogP contribution in [0.2, 0.25) is 0 Å². The summed E-state index contributed by atoms with van der Waals surface area (Å²) in [6, 6.07) is 29.2. The van der Waals surface area contributed by atoms with Gasteiger partial charge in [0.1, 0.15) is 11.5 Å². The van der Waals surface area contributed by atoms with Crippen LogP contribution in [-0.4, -0.2) is 7.11 Å². The average molecular weight is 378 g/mol. The Balaban J connectivity index is 1.72. The number of aryl methyl sites for hydroxylation is 1. The van der Waals surface area contributed by atoms with Crippen LogP contribution in [0.4, 0.5) is 0 Å². The van der Waals surface area contributed by atoms with Crippen LogP contribution in [0.3, 0.4) is 0 Å². The largest absolute Gasteiger partial charge is 0.496 e. The topological polar surface area (TPSA) is 18.5 Å². The molecule has 0 saturated carbocycles. The van der Waals surface area contributed by atoms with Crippen LogP contribution in [-0.2, 0) is 5.60 Å². The van der Waals surface area contributed by atoms with Gasteiger partial charge in [-0.1, -0.05) is 66.7 Å². The Labute approximate surface area is 171 Å². The first-order chi connectivity index (χ1) is 14.2. The van der Waals surface area contributed by atoms with E-state index in [1.807, 2.05) is 18.2 Å². The molecule has 0 saturated heterocycles. The van der Waals surface area contributed by atoms with Crippen LogP contribution in [0.1, 0.15) is 22.3 Å². The Hall–Kier alpha value is -3.52. The Kier molecular flexibility index (Phi) is 4.13. The maximum Gasteiger partial charge on any atom is 0.178 e. The van der Waals surface area contributed by atoms with E-state index in [4.69, 9.17) is 9.47 Å². The molecule has 0 atom stereocenters. The Bertz CT molecular complexity index is 1170. The molecule has 2 heteroatoms. The molecule has 29 heavy (non-hydrogen) atoms. The third kappa shape index (κ3) is 2.72. The van der Waals surface area contributed by atoms with E-state index in [0.717, 1.165) is 33.8 Å². The zero-order chi connectivity index (χ0) is 19.8. The van der Waals surface area contributed by atoms with Crippen molar-refractivity contribution in [2.75, 3.05) is 7.11 Å². The van der Waals surface area contributed by atoms with Crippen LogP contribution < -0.4 is 9.47 Å². The summed E-state index contributed by atoms with van der Waals surface area (Å²) in [6.07, 6.45) is 4.38. The number of hydrogen-bond acceptors (Lipinski definition) is 2. The van der Waals surface area contributed by atoms with Gasteiger partial charge in [-0.3, -0.25) is 0 Å². The van der Waals surface area contributed by atoms with E-state index in [9.17, 15) is 0 Å². The number of benzene rings is 4. The maximum atomic E-state index is 6.78.